The summed E-state index contributed by atoms with van der Waals surface area (Å²) < 4.78 is 18.8. The highest BCUT2D eigenvalue weighted by Crippen LogP contribution is 2.38. The number of furan rings is 1. The molecule has 3 heterocycles. The molecule has 2 aliphatic rings. The molecule has 1 saturated heterocycles. The Labute approximate surface area is 200 Å². The number of carbonyl (C=O) groups is 2. The van der Waals surface area contributed by atoms with Gasteiger partial charge in [0.1, 0.15) is 5.82 Å². The maximum Gasteiger partial charge on any atom is 0.289 e. The zero-order valence-electron chi connectivity index (χ0n) is 18.7. The third kappa shape index (κ3) is 4.46. The first kappa shape index (κ1) is 22.6. The fourth-order valence-corrected chi connectivity index (χ4v) is 4.93. The van der Waals surface area contributed by atoms with Crippen molar-refractivity contribution in [3.8, 4) is 0 Å². The lowest BCUT2D eigenvalue weighted by Gasteiger charge is -2.48. The van der Waals surface area contributed by atoms with E-state index in [9.17, 15) is 24.1 Å². The maximum absolute atomic E-state index is 13.6. The molecule has 0 aliphatic carbocycles. The minimum atomic E-state index is -0.565. The van der Waals surface area contributed by atoms with Crippen molar-refractivity contribution in [1.82, 2.24) is 10.2 Å². The van der Waals surface area contributed by atoms with Gasteiger partial charge in [0.15, 0.2) is 5.76 Å². The molecule has 0 saturated carbocycles. The van der Waals surface area contributed by atoms with E-state index < -0.39 is 10.8 Å². The molecule has 0 bridgehead atoms. The fraction of sp³-hybridized carbons (Fsp3) is 0.280. The Morgan fingerprint density at radius 3 is 2.74 bits per heavy atom. The fourth-order valence-electron chi connectivity index (χ4n) is 4.93. The molecule has 2 unspecified atom stereocenters. The number of nitro benzene ring substituents is 1. The summed E-state index contributed by atoms with van der Waals surface area (Å²) in [4.78, 5) is 40.9. The number of carbonyl (C=O) groups excluding carboxylic acids is 2. The topological polar surface area (TPSA) is 109 Å². The number of hydrogen-bond donors (Lipinski definition) is 1. The summed E-state index contributed by atoms with van der Waals surface area (Å²) in [5.74, 6) is -1.22. The normalized spacial score (nSPS) is 19.0. The van der Waals surface area contributed by atoms with Crippen molar-refractivity contribution in [3.05, 3.63) is 93.7 Å². The SMILES string of the molecule is O=C(NCc1cccc(F)c1)C1Cc2cc([N+](=O)[O-])ccc2N2CCN(C(=O)c3ccco3)CC12. The summed E-state index contributed by atoms with van der Waals surface area (Å²) in [6.07, 6.45) is 1.73. The van der Waals surface area contributed by atoms with Crippen LogP contribution in [0.25, 0.3) is 0 Å². The van der Waals surface area contributed by atoms with E-state index in [0.29, 0.717) is 30.8 Å². The van der Waals surface area contributed by atoms with Crippen LogP contribution in [0, 0.1) is 21.8 Å². The third-order valence-electron chi connectivity index (χ3n) is 6.62. The van der Waals surface area contributed by atoms with Crippen molar-refractivity contribution in [3.63, 3.8) is 0 Å². The van der Waals surface area contributed by atoms with Gasteiger partial charge < -0.3 is 19.5 Å². The van der Waals surface area contributed by atoms with Crippen molar-refractivity contribution >= 4 is 23.2 Å². The first-order valence-electron chi connectivity index (χ1n) is 11.3. The summed E-state index contributed by atoms with van der Waals surface area (Å²) in [7, 11) is 0. The van der Waals surface area contributed by atoms with E-state index in [1.165, 1.54) is 30.5 Å². The molecular weight excluding hydrogens is 455 g/mol. The molecule has 1 aromatic heterocycles. The number of rotatable bonds is 5. The number of benzene rings is 2. The summed E-state index contributed by atoms with van der Waals surface area (Å²) >= 11 is 0. The first-order valence-corrected chi connectivity index (χ1v) is 11.3. The van der Waals surface area contributed by atoms with Gasteiger partial charge in [-0.25, -0.2) is 4.39 Å². The van der Waals surface area contributed by atoms with Crippen LogP contribution in [0.1, 0.15) is 21.7 Å². The third-order valence-corrected chi connectivity index (χ3v) is 6.62. The van der Waals surface area contributed by atoms with Crippen molar-refractivity contribution < 1.29 is 23.3 Å². The molecule has 0 spiro atoms. The predicted octanol–water partition coefficient (Wildman–Crippen LogP) is 3.15. The Morgan fingerprint density at radius 2 is 2.00 bits per heavy atom. The lowest BCUT2D eigenvalue weighted by atomic mass is 9.83. The van der Waals surface area contributed by atoms with Crippen LogP contribution in [-0.4, -0.2) is 47.3 Å². The number of nitro groups is 1. The number of halogens is 1. The van der Waals surface area contributed by atoms with Crippen LogP contribution in [-0.2, 0) is 17.8 Å². The number of anilines is 1. The molecule has 2 atom stereocenters. The summed E-state index contributed by atoms with van der Waals surface area (Å²) in [5.41, 5.74) is 2.14. The lowest BCUT2D eigenvalue weighted by molar-refractivity contribution is -0.384. The van der Waals surface area contributed by atoms with Crippen LogP contribution in [0.2, 0.25) is 0 Å². The molecule has 2 amide bonds. The number of hydrogen-bond acceptors (Lipinski definition) is 6. The molecule has 0 radical (unpaired) electrons. The van der Waals surface area contributed by atoms with Crippen molar-refractivity contribution in [2.24, 2.45) is 5.92 Å². The number of non-ortho nitro benzene ring substituents is 1. The molecular formula is C25H23FN4O5. The quantitative estimate of drug-likeness (QED) is 0.446. The van der Waals surface area contributed by atoms with Crippen molar-refractivity contribution in [2.75, 3.05) is 24.5 Å². The van der Waals surface area contributed by atoms with Crippen LogP contribution < -0.4 is 10.2 Å². The molecule has 2 aromatic carbocycles. The minimum absolute atomic E-state index is 0.0345. The van der Waals surface area contributed by atoms with E-state index in [1.807, 2.05) is 0 Å². The molecule has 5 rings (SSSR count). The summed E-state index contributed by atoms with van der Waals surface area (Å²) in [6, 6.07) is 13.6. The second-order valence-electron chi connectivity index (χ2n) is 8.72. The monoisotopic (exact) mass is 478 g/mol. The molecule has 9 nitrogen and oxygen atoms in total. The highest BCUT2D eigenvalue weighted by molar-refractivity contribution is 5.92. The zero-order chi connectivity index (χ0) is 24.5. The molecule has 35 heavy (non-hydrogen) atoms. The van der Waals surface area contributed by atoms with Gasteiger partial charge in [-0.1, -0.05) is 12.1 Å². The number of nitrogens with one attached hydrogen (secondary N) is 1. The van der Waals surface area contributed by atoms with Crippen molar-refractivity contribution in [1.29, 1.82) is 0 Å². The highest BCUT2D eigenvalue weighted by Gasteiger charge is 2.43. The molecule has 1 fully saturated rings. The molecule has 3 aromatic rings. The van der Waals surface area contributed by atoms with Gasteiger partial charge in [0, 0.05) is 44.0 Å². The van der Waals surface area contributed by atoms with Gasteiger partial charge in [0.25, 0.3) is 11.6 Å². The second-order valence-corrected chi connectivity index (χ2v) is 8.72. The highest BCUT2D eigenvalue weighted by atomic mass is 19.1. The van der Waals surface area contributed by atoms with E-state index in [0.717, 1.165) is 5.69 Å². The Hall–Kier alpha value is -4.21. The second kappa shape index (κ2) is 9.21. The molecule has 1 N–H and O–H groups in total. The van der Waals surface area contributed by atoms with Crippen molar-refractivity contribution in [2.45, 2.75) is 19.0 Å². The Balaban J connectivity index is 1.42. The van der Waals surface area contributed by atoms with Gasteiger partial charge in [0.05, 0.1) is 23.1 Å². The van der Waals surface area contributed by atoms with Gasteiger partial charge in [-0.15, -0.1) is 0 Å². The largest absolute Gasteiger partial charge is 0.459 e. The van der Waals surface area contributed by atoms with Gasteiger partial charge >= 0.3 is 0 Å². The van der Waals surface area contributed by atoms with E-state index >= 15 is 0 Å². The number of fused-ring (bicyclic) bond motifs is 3. The predicted molar refractivity (Wildman–Crippen MR) is 124 cm³/mol. The van der Waals surface area contributed by atoms with Gasteiger partial charge in [-0.2, -0.15) is 0 Å². The number of nitrogens with zero attached hydrogens (tertiary/aromatic N) is 3. The smallest absolute Gasteiger partial charge is 0.289 e. The minimum Gasteiger partial charge on any atom is -0.459 e. The van der Waals surface area contributed by atoms with Gasteiger partial charge in [0.2, 0.25) is 5.91 Å². The Bertz CT molecular complexity index is 1280. The van der Waals surface area contributed by atoms with E-state index in [1.54, 1.807) is 35.2 Å². The van der Waals surface area contributed by atoms with E-state index in [-0.39, 0.29) is 48.1 Å². The average Bonchev–Trinajstić information content (AvgIpc) is 3.40. The van der Waals surface area contributed by atoms with Gasteiger partial charge in [-0.3, -0.25) is 19.7 Å². The van der Waals surface area contributed by atoms with E-state index in [4.69, 9.17) is 4.42 Å². The average molecular weight is 478 g/mol. The maximum atomic E-state index is 13.6. The van der Waals surface area contributed by atoms with Crippen LogP contribution in [0.15, 0.2) is 65.3 Å². The lowest BCUT2D eigenvalue weighted by Crippen LogP contribution is -2.62. The summed E-state index contributed by atoms with van der Waals surface area (Å²) in [5, 5.41) is 14.2. The molecule has 2 aliphatic heterocycles. The Morgan fingerprint density at radius 1 is 1.14 bits per heavy atom. The van der Waals surface area contributed by atoms with E-state index in [2.05, 4.69) is 10.2 Å². The van der Waals surface area contributed by atoms with Crippen LogP contribution in [0.3, 0.4) is 0 Å². The van der Waals surface area contributed by atoms with Crippen LogP contribution >= 0.6 is 0 Å². The molecule has 180 valence electrons. The Kier molecular flexibility index (Phi) is 5.94. The zero-order valence-corrected chi connectivity index (χ0v) is 18.7. The van der Waals surface area contributed by atoms with Gasteiger partial charge in [-0.05, 0) is 47.9 Å². The first-order chi connectivity index (χ1) is 16.9. The number of piperazine rings is 1. The standard InChI is InChI=1S/C25H23FN4O5/c26-18-4-1-3-16(11-18)14-27-24(31)20-13-17-12-19(30(33)34)6-7-21(17)29-9-8-28(15-22(20)29)25(32)23-5-2-10-35-23/h1-7,10-12,20,22H,8-9,13-15H2,(H,27,31). The van der Waals surface area contributed by atoms with Crippen LogP contribution in [0.4, 0.5) is 15.8 Å². The molecule has 10 heteroatoms. The van der Waals surface area contributed by atoms with Crippen LogP contribution in [0.5, 0.6) is 0 Å². The summed E-state index contributed by atoms with van der Waals surface area (Å²) in [6.45, 7) is 1.34. The number of amides is 2.